The SMILES string of the molecule is CCCNC(c1ccc(Cl)c(OC)c1)C1CCCC1(C)C. The summed E-state index contributed by atoms with van der Waals surface area (Å²) in [5.74, 6) is 1.43. The quantitative estimate of drug-likeness (QED) is 0.778. The maximum Gasteiger partial charge on any atom is 0.137 e. The van der Waals surface area contributed by atoms with Gasteiger partial charge in [0.05, 0.1) is 12.1 Å². The molecule has 0 amide bonds. The topological polar surface area (TPSA) is 21.3 Å². The third-order valence-electron chi connectivity index (χ3n) is 4.89. The minimum atomic E-state index is 0.383. The van der Waals surface area contributed by atoms with E-state index in [9.17, 15) is 0 Å². The van der Waals surface area contributed by atoms with Crippen LogP contribution in [-0.4, -0.2) is 13.7 Å². The molecule has 118 valence electrons. The van der Waals surface area contributed by atoms with Gasteiger partial charge in [-0.05, 0) is 54.8 Å². The fourth-order valence-electron chi connectivity index (χ4n) is 3.63. The molecule has 0 saturated heterocycles. The van der Waals surface area contributed by atoms with Crippen LogP contribution >= 0.6 is 11.6 Å². The molecule has 0 radical (unpaired) electrons. The summed E-state index contributed by atoms with van der Waals surface area (Å²) in [4.78, 5) is 0. The van der Waals surface area contributed by atoms with Crippen LogP contribution in [0.5, 0.6) is 5.75 Å². The molecule has 1 aromatic carbocycles. The summed E-state index contributed by atoms with van der Waals surface area (Å²) < 4.78 is 5.40. The molecular formula is C18H28ClNO. The van der Waals surface area contributed by atoms with Crippen LogP contribution in [0.2, 0.25) is 5.02 Å². The number of hydrogen-bond donors (Lipinski definition) is 1. The Morgan fingerprint density at radius 3 is 2.76 bits per heavy atom. The first kappa shape index (κ1) is 16.6. The molecule has 2 rings (SSSR count). The van der Waals surface area contributed by atoms with Gasteiger partial charge < -0.3 is 10.1 Å². The Bertz CT molecular complexity index is 472. The van der Waals surface area contributed by atoms with Gasteiger partial charge in [0, 0.05) is 6.04 Å². The smallest absolute Gasteiger partial charge is 0.137 e. The first-order valence-electron chi connectivity index (χ1n) is 8.06. The zero-order valence-corrected chi connectivity index (χ0v) is 14.5. The van der Waals surface area contributed by atoms with E-state index in [-0.39, 0.29) is 0 Å². The summed E-state index contributed by atoms with van der Waals surface area (Å²) in [7, 11) is 1.68. The summed E-state index contributed by atoms with van der Waals surface area (Å²) in [5, 5.41) is 4.44. The van der Waals surface area contributed by atoms with E-state index < -0.39 is 0 Å². The Morgan fingerprint density at radius 1 is 1.43 bits per heavy atom. The van der Waals surface area contributed by atoms with E-state index in [2.05, 4.69) is 38.2 Å². The fraction of sp³-hybridized carbons (Fsp3) is 0.667. The van der Waals surface area contributed by atoms with Crippen molar-refractivity contribution in [3.63, 3.8) is 0 Å². The molecular weight excluding hydrogens is 282 g/mol. The number of ether oxygens (including phenoxy) is 1. The van der Waals surface area contributed by atoms with Crippen molar-refractivity contribution in [3.05, 3.63) is 28.8 Å². The van der Waals surface area contributed by atoms with Crippen molar-refractivity contribution in [3.8, 4) is 5.75 Å². The third-order valence-corrected chi connectivity index (χ3v) is 5.20. The monoisotopic (exact) mass is 309 g/mol. The molecule has 1 N–H and O–H groups in total. The van der Waals surface area contributed by atoms with Crippen molar-refractivity contribution in [1.29, 1.82) is 0 Å². The lowest BCUT2D eigenvalue weighted by molar-refractivity contribution is 0.197. The molecule has 0 heterocycles. The number of nitrogens with one attached hydrogen (secondary N) is 1. The highest BCUT2D eigenvalue weighted by molar-refractivity contribution is 6.32. The van der Waals surface area contributed by atoms with Gasteiger partial charge in [0.25, 0.3) is 0 Å². The second kappa shape index (κ2) is 7.02. The minimum Gasteiger partial charge on any atom is -0.495 e. The number of rotatable bonds is 6. The molecule has 1 aliphatic rings. The van der Waals surface area contributed by atoms with E-state index in [1.807, 2.05) is 6.07 Å². The van der Waals surface area contributed by atoms with Gasteiger partial charge in [0.2, 0.25) is 0 Å². The van der Waals surface area contributed by atoms with Gasteiger partial charge in [-0.3, -0.25) is 0 Å². The van der Waals surface area contributed by atoms with E-state index in [1.54, 1.807) is 7.11 Å². The van der Waals surface area contributed by atoms with Crippen LogP contribution in [0.4, 0.5) is 0 Å². The van der Waals surface area contributed by atoms with Gasteiger partial charge >= 0.3 is 0 Å². The predicted molar refractivity (Wildman–Crippen MR) is 90.2 cm³/mol. The lowest BCUT2D eigenvalue weighted by Crippen LogP contribution is -2.34. The maximum absolute atomic E-state index is 6.18. The van der Waals surface area contributed by atoms with Crippen LogP contribution in [0.1, 0.15) is 58.1 Å². The highest BCUT2D eigenvalue weighted by Gasteiger charge is 2.39. The van der Waals surface area contributed by atoms with E-state index in [0.717, 1.165) is 18.7 Å². The molecule has 21 heavy (non-hydrogen) atoms. The second-order valence-corrected chi connectivity index (χ2v) is 7.22. The van der Waals surface area contributed by atoms with E-state index in [0.29, 0.717) is 22.4 Å². The Morgan fingerprint density at radius 2 is 2.19 bits per heavy atom. The second-order valence-electron chi connectivity index (χ2n) is 6.81. The van der Waals surface area contributed by atoms with Crippen molar-refractivity contribution in [2.24, 2.45) is 11.3 Å². The molecule has 1 aliphatic carbocycles. The molecule has 1 saturated carbocycles. The Labute approximate surface area is 134 Å². The average Bonchev–Trinajstić information content (AvgIpc) is 2.80. The maximum atomic E-state index is 6.18. The molecule has 0 aliphatic heterocycles. The molecule has 0 bridgehead atoms. The number of benzene rings is 1. The normalized spacial score (nSPS) is 22.2. The van der Waals surface area contributed by atoms with Gasteiger partial charge in [-0.25, -0.2) is 0 Å². The molecule has 0 aromatic heterocycles. The molecule has 2 unspecified atom stereocenters. The van der Waals surface area contributed by atoms with Crippen LogP contribution in [0.25, 0.3) is 0 Å². The lowest BCUT2D eigenvalue weighted by atomic mass is 9.75. The summed E-state index contributed by atoms with van der Waals surface area (Å²) >= 11 is 6.18. The Hall–Kier alpha value is -0.730. The zero-order valence-electron chi connectivity index (χ0n) is 13.7. The predicted octanol–water partition coefficient (Wildman–Crippen LogP) is 5.22. The van der Waals surface area contributed by atoms with Gasteiger partial charge in [0.15, 0.2) is 0 Å². The van der Waals surface area contributed by atoms with Gasteiger partial charge in [0.1, 0.15) is 5.75 Å². The average molecular weight is 310 g/mol. The molecule has 2 nitrogen and oxygen atoms in total. The first-order valence-corrected chi connectivity index (χ1v) is 8.44. The van der Waals surface area contributed by atoms with Crippen LogP contribution in [0, 0.1) is 11.3 Å². The minimum absolute atomic E-state index is 0.383. The van der Waals surface area contributed by atoms with Gasteiger partial charge in [-0.2, -0.15) is 0 Å². The van der Waals surface area contributed by atoms with Crippen molar-refractivity contribution >= 4 is 11.6 Å². The van der Waals surface area contributed by atoms with Crippen molar-refractivity contribution in [2.75, 3.05) is 13.7 Å². The third kappa shape index (κ3) is 3.73. The number of halogens is 1. The lowest BCUT2D eigenvalue weighted by Gasteiger charge is -2.35. The summed E-state index contributed by atoms with van der Waals surface area (Å²) in [6.45, 7) is 8.06. The molecule has 2 atom stereocenters. The highest BCUT2D eigenvalue weighted by atomic mass is 35.5. The van der Waals surface area contributed by atoms with Crippen LogP contribution < -0.4 is 10.1 Å². The first-order chi connectivity index (χ1) is 9.99. The van der Waals surface area contributed by atoms with Crippen molar-refractivity contribution < 1.29 is 4.74 Å². The van der Waals surface area contributed by atoms with Crippen molar-refractivity contribution in [1.82, 2.24) is 5.32 Å². The Kier molecular flexibility index (Phi) is 5.56. The fourth-order valence-corrected chi connectivity index (χ4v) is 3.83. The van der Waals surface area contributed by atoms with Crippen LogP contribution in [-0.2, 0) is 0 Å². The molecule has 1 aromatic rings. The molecule has 0 spiro atoms. The van der Waals surface area contributed by atoms with Crippen LogP contribution in [0.15, 0.2) is 18.2 Å². The van der Waals surface area contributed by atoms with Crippen molar-refractivity contribution in [2.45, 2.75) is 52.5 Å². The molecule has 3 heteroatoms. The highest BCUT2D eigenvalue weighted by Crippen LogP contribution is 2.49. The summed E-state index contributed by atoms with van der Waals surface area (Å²) in [6, 6.07) is 6.59. The summed E-state index contributed by atoms with van der Waals surface area (Å²) in [6.07, 6.45) is 5.08. The zero-order chi connectivity index (χ0) is 15.5. The van der Waals surface area contributed by atoms with E-state index >= 15 is 0 Å². The van der Waals surface area contributed by atoms with Gasteiger partial charge in [-0.15, -0.1) is 0 Å². The van der Waals surface area contributed by atoms with E-state index in [1.165, 1.54) is 24.8 Å². The van der Waals surface area contributed by atoms with Gasteiger partial charge in [-0.1, -0.05) is 44.9 Å². The molecule has 1 fully saturated rings. The summed E-state index contributed by atoms with van der Waals surface area (Å²) in [5.41, 5.74) is 1.68. The van der Waals surface area contributed by atoms with E-state index in [4.69, 9.17) is 16.3 Å². The largest absolute Gasteiger partial charge is 0.495 e. The number of hydrogen-bond acceptors (Lipinski definition) is 2. The van der Waals surface area contributed by atoms with Crippen LogP contribution in [0.3, 0.4) is 0 Å². The Balaban J connectivity index is 2.31. The standard InChI is InChI=1S/C18H28ClNO/c1-5-11-20-17(14-7-6-10-18(14,2)3)13-8-9-15(19)16(12-13)21-4/h8-9,12,14,17,20H,5-7,10-11H2,1-4H3. The number of methoxy groups -OCH3 is 1.